The van der Waals surface area contributed by atoms with E-state index in [1.807, 2.05) is 0 Å². The summed E-state index contributed by atoms with van der Waals surface area (Å²) in [6.07, 6.45) is 5.90. The van der Waals surface area contributed by atoms with Gasteiger partial charge < -0.3 is 10.4 Å². The predicted molar refractivity (Wildman–Crippen MR) is 74.2 cm³/mol. The maximum Gasteiger partial charge on any atom is 0.306 e. The Labute approximate surface area is 114 Å². The largest absolute Gasteiger partial charge is 0.481 e. The minimum absolute atomic E-state index is 0.112. The highest BCUT2D eigenvalue weighted by molar-refractivity contribution is 5.70. The van der Waals surface area contributed by atoms with Gasteiger partial charge in [-0.2, -0.15) is 0 Å². The van der Waals surface area contributed by atoms with E-state index in [4.69, 9.17) is 5.11 Å². The van der Waals surface area contributed by atoms with Crippen LogP contribution in [0.2, 0.25) is 0 Å². The van der Waals surface area contributed by atoms with Gasteiger partial charge in [-0.15, -0.1) is 0 Å². The van der Waals surface area contributed by atoms with Gasteiger partial charge in [-0.3, -0.25) is 4.79 Å². The molecular formula is C16H21NO2. The van der Waals surface area contributed by atoms with E-state index >= 15 is 0 Å². The lowest BCUT2D eigenvalue weighted by atomic mass is 9.86. The summed E-state index contributed by atoms with van der Waals surface area (Å²) in [5.74, 6) is -0.731. The Hall–Kier alpha value is -1.35. The molecule has 0 spiro atoms. The van der Waals surface area contributed by atoms with Gasteiger partial charge in [-0.1, -0.05) is 24.3 Å². The van der Waals surface area contributed by atoms with Crippen molar-refractivity contribution < 1.29 is 9.90 Å². The van der Waals surface area contributed by atoms with E-state index < -0.39 is 5.97 Å². The van der Waals surface area contributed by atoms with Crippen molar-refractivity contribution in [1.82, 2.24) is 5.32 Å². The topological polar surface area (TPSA) is 49.3 Å². The lowest BCUT2D eigenvalue weighted by Gasteiger charge is -2.29. The molecule has 0 amide bonds. The first-order chi connectivity index (χ1) is 9.22. The van der Waals surface area contributed by atoms with E-state index in [-0.39, 0.29) is 5.92 Å². The maximum absolute atomic E-state index is 10.9. The second kappa shape index (κ2) is 5.33. The summed E-state index contributed by atoms with van der Waals surface area (Å²) in [5.41, 5.74) is 2.94. The summed E-state index contributed by atoms with van der Waals surface area (Å²) in [6.45, 7) is 0. The fourth-order valence-electron chi connectivity index (χ4n) is 3.52. The lowest BCUT2D eigenvalue weighted by Crippen LogP contribution is -2.41. The van der Waals surface area contributed by atoms with Crippen LogP contribution in [0.25, 0.3) is 0 Å². The van der Waals surface area contributed by atoms with Crippen LogP contribution >= 0.6 is 0 Å². The minimum Gasteiger partial charge on any atom is -0.481 e. The van der Waals surface area contributed by atoms with Crippen LogP contribution in [0.1, 0.15) is 36.8 Å². The first kappa shape index (κ1) is 12.7. The SMILES string of the molecule is O=C(O)C1CCC(NC2Cc3ccccc3C2)CC1. The zero-order valence-electron chi connectivity index (χ0n) is 11.1. The minimum atomic E-state index is -0.619. The number of carboxylic acid groups (broad SMARTS) is 1. The Morgan fingerprint density at radius 3 is 2.11 bits per heavy atom. The fourth-order valence-corrected chi connectivity index (χ4v) is 3.52. The van der Waals surface area contributed by atoms with Crippen molar-refractivity contribution in [3.05, 3.63) is 35.4 Å². The number of carbonyl (C=O) groups is 1. The highest BCUT2D eigenvalue weighted by Crippen LogP contribution is 2.27. The molecule has 3 heteroatoms. The number of hydrogen-bond acceptors (Lipinski definition) is 2. The highest BCUT2D eigenvalue weighted by Gasteiger charge is 2.28. The Balaban J connectivity index is 1.51. The fraction of sp³-hybridized carbons (Fsp3) is 0.562. The van der Waals surface area contributed by atoms with Gasteiger partial charge in [0, 0.05) is 12.1 Å². The molecular weight excluding hydrogens is 238 g/mol. The van der Waals surface area contributed by atoms with Crippen molar-refractivity contribution in [3.63, 3.8) is 0 Å². The maximum atomic E-state index is 10.9. The number of nitrogens with one attached hydrogen (secondary N) is 1. The average Bonchev–Trinajstić information content (AvgIpc) is 2.81. The van der Waals surface area contributed by atoms with Crippen LogP contribution in [-0.2, 0) is 17.6 Å². The molecule has 3 rings (SSSR count). The van der Waals surface area contributed by atoms with Crippen molar-refractivity contribution in [2.75, 3.05) is 0 Å². The second-order valence-electron chi connectivity index (χ2n) is 5.93. The molecule has 2 aliphatic rings. The number of aliphatic carboxylic acids is 1. The normalized spacial score (nSPS) is 27.2. The molecule has 1 aromatic rings. The van der Waals surface area contributed by atoms with Gasteiger partial charge in [-0.25, -0.2) is 0 Å². The van der Waals surface area contributed by atoms with Crippen molar-refractivity contribution in [1.29, 1.82) is 0 Å². The van der Waals surface area contributed by atoms with Crippen LogP contribution in [0, 0.1) is 5.92 Å². The number of benzene rings is 1. The van der Waals surface area contributed by atoms with Gasteiger partial charge in [0.1, 0.15) is 0 Å². The second-order valence-corrected chi connectivity index (χ2v) is 5.93. The van der Waals surface area contributed by atoms with Gasteiger partial charge in [0.15, 0.2) is 0 Å². The first-order valence-electron chi connectivity index (χ1n) is 7.28. The average molecular weight is 259 g/mol. The van der Waals surface area contributed by atoms with E-state index in [9.17, 15) is 4.79 Å². The molecule has 102 valence electrons. The summed E-state index contributed by atoms with van der Waals surface area (Å²) in [4.78, 5) is 10.9. The monoisotopic (exact) mass is 259 g/mol. The standard InChI is InChI=1S/C16H21NO2/c18-16(19)11-5-7-14(8-6-11)17-15-9-12-3-1-2-4-13(12)10-15/h1-4,11,14-15,17H,5-10H2,(H,18,19). The molecule has 0 heterocycles. The zero-order chi connectivity index (χ0) is 13.2. The zero-order valence-corrected chi connectivity index (χ0v) is 11.1. The Morgan fingerprint density at radius 1 is 1.00 bits per heavy atom. The van der Waals surface area contributed by atoms with Crippen LogP contribution in [0.3, 0.4) is 0 Å². The number of rotatable bonds is 3. The molecule has 19 heavy (non-hydrogen) atoms. The summed E-state index contributed by atoms with van der Waals surface area (Å²) >= 11 is 0. The van der Waals surface area contributed by atoms with Crippen LogP contribution in [0.15, 0.2) is 24.3 Å². The smallest absolute Gasteiger partial charge is 0.306 e. The van der Waals surface area contributed by atoms with Gasteiger partial charge in [0.05, 0.1) is 5.92 Å². The first-order valence-corrected chi connectivity index (χ1v) is 7.28. The van der Waals surface area contributed by atoms with Crippen molar-refractivity contribution in [2.45, 2.75) is 50.6 Å². The molecule has 0 aliphatic heterocycles. The third kappa shape index (κ3) is 2.81. The van der Waals surface area contributed by atoms with Gasteiger partial charge in [-0.05, 0) is 49.7 Å². The summed E-state index contributed by atoms with van der Waals surface area (Å²) in [5, 5.41) is 12.7. The third-order valence-electron chi connectivity index (χ3n) is 4.60. The van der Waals surface area contributed by atoms with Crippen LogP contribution < -0.4 is 5.32 Å². The molecule has 0 saturated heterocycles. The van der Waals surface area contributed by atoms with E-state index in [0.29, 0.717) is 12.1 Å². The van der Waals surface area contributed by atoms with Crippen LogP contribution in [-0.4, -0.2) is 23.2 Å². The molecule has 0 unspecified atom stereocenters. The Morgan fingerprint density at radius 2 is 1.58 bits per heavy atom. The molecule has 2 aliphatic carbocycles. The number of fused-ring (bicyclic) bond motifs is 1. The molecule has 1 fully saturated rings. The molecule has 1 aromatic carbocycles. The highest BCUT2D eigenvalue weighted by atomic mass is 16.4. The molecule has 0 radical (unpaired) electrons. The quantitative estimate of drug-likeness (QED) is 0.876. The lowest BCUT2D eigenvalue weighted by molar-refractivity contribution is -0.142. The Bertz CT molecular complexity index is 439. The van der Waals surface area contributed by atoms with Crippen molar-refractivity contribution in [3.8, 4) is 0 Å². The van der Waals surface area contributed by atoms with E-state index in [1.165, 1.54) is 11.1 Å². The van der Waals surface area contributed by atoms with E-state index in [2.05, 4.69) is 29.6 Å². The molecule has 0 atom stereocenters. The summed E-state index contributed by atoms with van der Waals surface area (Å²) in [7, 11) is 0. The molecule has 1 saturated carbocycles. The van der Waals surface area contributed by atoms with Crippen molar-refractivity contribution in [2.24, 2.45) is 5.92 Å². The van der Waals surface area contributed by atoms with Crippen molar-refractivity contribution >= 4 is 5.97 Å². The van der Waals surface area contributed by atoms with E-state index in [1.54, 1.807) is 0 Å². The summed E-state index contributed by atoms with van der Waals surface area (Å²) in [6, 6.07) is 9.72. The predicted octanol–water partition coefficient (Wildman–Crippen LogP) is 2.39. The van der Waals surface area contributed by atoms with Crippen LogP contribution in [0.4, 0.5) is 0 Å². The van der Waals surface area contributed by atoms with E-state index in [0.717, 1.165) is 38.5 Å². The van der Waals surface area contributed by atoms with Gasteiger partial charge in [0.2, 0.25) is 0 Å². The number of carboxylic acids is 1. The molecule has 0 bridgehead atoms. The van der Waals surface area contributed by atoms with Gasteiger partial charge >= 0.3 is 5.97 Å². The molecule has 3 nitrogen and oxygen atoms in total. The van der Waals surface area contributed by atoms with Gasteiger partial charge in [0.25, 0.3) is 0 Å². The third-order valence-corrected chi connectivity index (χ3v) is 4.60. The molecule has 0 aromatic heterocycles. The van der Waals surface area contributed by atoms with Crippen LogP contribution in [0.5, 0.6) is 0 Å². The Kier molecular flexibility index (Phi) is 3.56. The molecule has 2 N–H and O–H groups in total. The summed E-state index contributed by atoms with van der Waals surface area (Å²) < 4.78 is 0. The number of hydrogen-bond donors (Lipinski definition) is 2.